The van der Waals surface area contributed by atoms with Gasteiger partial charge in [0.25, 0.3) is 5.91 Å². The fourth-order valence-electron chi connectivity index (χ4n) is 2.93. The lowest BCUT2D eigenvalue weighted by Crippen LogP contribution is -2.55. The number of sulfone groups is 1. The number of hydrogen-bond donors (Lipinski definition) is 2. The summed E-state index contributed by atoms with van der Waals surface area (Å²) >= 11 is 0. The molecule has 30 heavy (non-hydrogen) atoms. The van der Waals surface area contributed by atoms with Crippen LogP contribution in [0.15, 0.2) is 35.5 Å². The van der Waals surface area contributed by atoms with Crippen molar-refractivity contribution in [1.29, 1.82) is 5.26 Å². The number of aliphatic imine (C=N–C) groups is 1. The predicted molar refractivity (Wildman–Crippen MR) is 108 cm³/mol. The highest BCUT2D eigenvalue weighted by atomic mass is 32.2. The largest absolute Gasteiger partial charge is 0.386 e. The number of carbonyl (C=O) groups is 1. The second kappa shape index (κ2) is 7.14. The Kier molecular flexibility index (Phi) is 5.07. The van der Waals surface area contributed by atoms with E-state index in [2.05, 4.69) is 20.3 Å². The highest BCUT2D eigenvalue weighted by Crippen LogP contribution is 2.37. The molecule has 1 amide bonds. The average molecular weight is 430 g/mol. The minimum Gasteiger partial charge on any atom is -0.386 e. The van der Waals surface area contributed by atoms with Crippen molar-refractivity contribution in [2.75, 3.05) is 11.1 Å². The standard InChI is InChI=1S/C19H19FN6O3S/c1-18(2)17(22)26-19(3,10-30(18,28)29)15-12(20)5-7-14(24-15)25-16(27)13-6-4-11(8-21)9-23-13/h4-7,9H,10H2,1-3H3,(H2,22,26)(H,24,25,27)/t19-/m0/s1. The van der Waals surface area contributed by atoms with Crippen molar-refractivity contribution in [2.45, 2.75) is 31.1 Å². The van der Waals surface area contributed by atoms with Gasteiger partial charge in [-0.2, -0.15) is 5.26 Å². The maximum Gasteiger partial charge on any atom is 0.275 e. The van der Waals surface area contributed by atoms with Gasteiger partial charge in [-0.15, -0.1) is 0 Å². The summed E-state index contributed by atoms with van der Waals surface area (Å²) in [4.78, 5) is 24.6. The van der Waals surface area contributed by atoms with E-state index in [9.17, 15) is 17.6 Å². The number of hydrogen-bond acceptors (Lipinski definition) is 8. The lowest BCUT2D eigenvalue weighted by molar-refractivity contribution is 0.102. The van der Waals surface area contributed by atoms with E-state index in [1.54, 1.807) is 0 Å². The topological polar surface area (TPSA) is 151 Å². The van der Waals surface area contributed by atoms with Crippen LogP contribution in [0.2, 0.25) is 0 Å². The van der Waals surface area contributed by atoms with E-state index in [0.717, 1.165) is 6.07 Å². The normalized spacial score (nSPS) is 21.9. The van der Waals surface area contributed by atoms with Crippen molar-refractivity contribution in [2.24, 2.45) is 10.7 Å². The highest BCUT2D eigenvalue weighted by Gasteiger charge is 2.50. The maximum atomic E-state index is 14.6. The van der Waals surface area contributed by atoms with Crippen LogP contribution in [-0.2, 0) is 15.4 Å². The van der Waals surface area contributed by atoms with Gasteiger partial charge in [-0.3, -0.25) is 9.79 Å². The molecule has 0 bridgehead atoms. The van der Waals surface area contributed by atoms with Gasteiger partial charge in [0.2, 0.25) is 0 Å². The van der Waals surface area contributed by atoms with Gasteiger partial charge in [-0.1, -0.05) is 0 Å². The molecule has 0 saturated heterocycles. The van der Waals surface area contributed by atoms with Crippen molar-refractivity contribution in [3.05, 3.63) is 53.2 Å². The monoisotopic (exact) mass is 430 g/mol. The lowest BCUT2D eigenvalue weighted by atomic mass is 9.98. The Labute approximate surface area is 172 Å². The number of halogens is 1. The molecule has 2 aromatic rings. The molecule has 3 N–H and O–H groups in total. The van der Waals surface area contributed by atoms with Crippen molar-refractivity contribution >= 4 is 27.4 Å². The number of nitrogens with zero attached hydrogens (tertiary/aromatic N) is 4. The molecule has 11 heteroatoms. The zero-order chi connectivity index (χ0) is 22.3. The number of nitrogens with two attached hydrogens (primary N) is 1. The molecular formula is C19H19FN6O3S. The molecule has 1 aliphatic rings. The van der Waals surface area contributed by atoms with Gasteiger partial charge in [0, 0.05) is 6.20 Å². The first kappa shape index (κ1) is 21.3. The summed E-state index contributed by atoms with van der Waals surface area (Å²) in [7, 11) is -3.75. The molecule has 0 radical (unpaired) electrons. The smallest absolute Gasteiger partial charge is 0.275 e. The van der Waals surface area contributed by atoms with Crippen LogP contribution >= 0.6 is 0 Å². The summed E-state index contributed by atoms with van der Waals surface area (Å²) in [6, 6.07) is 6.98. The molecule has 156 valence electrons. The number of anilines is 1. The Balaban J connectivity index is 1.97. The molecule has 0 fully saturated rings. The molecule has 9 nitrogen and oxygen atoms in total. The van der Waals surface area contributed by atoms with E-state index >= 15 is 0 Å². The summed E-state index contributed by atoms with van der Waals surface area (Å²) in [6.45, 7) is 4.29. The number of amidine groups is 1. The third-order valence-corrected chi connectivity index (χ3v) is 7.66. The lowest BCUT2D eigenvalue weighted by Gasteiger charge is -2.37. The molecule has 1 aliphatic heterocycles. The quantitative estimate of drug-likeness (QED) is 0.749. The summed E-state index contributed by atoms with van der Waals surface area (Å²) in [5.74, 6) is -2.06. The molecule has 0 unspecified atom stereocenters. The molecule has 3 heterocycles. The minimum absolute atomic E-state index is 0.0141. The van der Waals surface area contributed by atoms with Crippen LogP contribution < -0.4 is 11.1 Å². The van der Waals surface area contributed by atoms with Gasteiger partial charge in [-0.05, 0) is 45.0 Å². The molecule has 2 aromatic heterocycles. The number of pyridine rings is 2. The summed E-state index contributed by atoms with van der Waals surface area (Å²) in [5.41, 5.74) is 4.39. The molecule has 3 rings (SSSR count). The fraction of sp³-hybridized carbons (Fsp3) is 0.316. The Hall–Kier alpha value is -3.39. The van der Waals surface area contributed by atoms with E-state index in [0.29, 0.717) is 5.56 Å². The van der Waals surface area contributed by atoms with Crippen LogP contribution in [0.1, 0.15) is 42.5 Å². The van der Waals surface area contributed by atoms with Crippen LogP contribution in [0.4, 0.5) is 10.2 Å². The van der Waals surface area contributed by atoms with E-state index in [-0.39, 0.29) is 23.0 Å². The molecule has 0 saturated carbocycles. The van der Waals surface area contributed by atoms with Gasteiger partial charge in [0.1, 0.15) is 45.2 Å². The third kappa shape index (κ3) is 3.61. The van der Waals surface area contributed by atoms with Crippen molar-refractivity contribution in [1.82, 2.24) is 9.97 Å². The van der Waals surface area contributed by atoms with Gasteiger partial charge in [0.05, 0.1) is 11.3 Å². The number of nitriles is 1. The SMILES string of the molecule is CC1(C)C(N)=N[C@](C)(c2nc(NC(=O)c3ccc(C#N)cn3)ccc2F)CS1(=O)=O. The average Bonchev–Trinajstić information content (AvgIpc) is 2.67. The van der Waals surface area contributed by atoms with Crippen LogP contribution in [0, 0.1) is 17.1 Å². The maximum absolute atomic E-state index is 14.6. The van der Waals surface area contributed by atoms with Gasteiger partial charge in [-0.25, -0.2) is 22.8 Å². The van der Waals surface area contributed by atoms with Crippen LogP contribution in [0.5, 0.6) is 0 Å². The Morgan fingerprint density at radius 1 is 1.27 bits per heavy atom. The number of nitrogens with one attached hydrogen (secondary N) is 1. The second-order valence-electron chi connectivity index (χ2n) is 7.57. The first-order chi connectivity index (χ1) is 13.9. The third-order valence-electron chi connectivity index (χ3n) is 4.96. The van der Waals surface area contributed by atoms with E-state index in [1.807, 2.05) is 6.07 Å². The number of aromatic nitrogens is 2. The molecule has 0 spiro atoms. The van der Waals surface area contributed by atoms with E-state index < -0.39 is 37.6 Å². The van der Waals surface area contributed by atoms with E-state index in [4.69, 9.17) is 11.0 Å². The highest BCUT2D eigenvalue weighted by molar-refractivity contribution is 7.93. The summed E-state index contributed by atoms with van der Waals surface area (Å²) in [6.07, 6.45) is 1.24. The van der Waals surface area contributed by atoms with Crippen molar-refractivity contribution in [3.8, 4) is 6.07 Å². The Bertz CT molecular complexity index is 1200. The van der Waals surface area contributed by atoms with Crippen LogP contribution in [0.25, 0.3) is 0 Å². The first-order valence-electron chi connectivity index (χ1n) is 8.82. The molecule has 0 aromatic carbocycles. The minimum atomic E-state index is -3.75. The van der Waals surface area contributed by atoms with Crippen molar-refractivity contribution in [3.63, 3.8) is 0 Å². The number of carbonyl (C=O) groups excluding carboxylic acids is 1. The second-order valence-corrected chi connectivity index (χ2v) is 10.1. The molecule has 1 atom stereocenters. The van der Waals surface area contributed by atoms with Crippen molar-refractivity contribution < 1.29 is 17.6 Å². The predicted octanol–water partition coefficient (Wildman–Crippen LogP) is 1.52. The van der Waals surface area contributed by atoms with Crippen LogP contribution in [-0.4, -0.2) is 40.6 Å². The van der Waals surface area contributed by atoms with Gasteiger partial charge >= 0.3 is 0 Å². The zero-order valence-electron chi connectivity index (χ0n) is 16.5. The molecular weight excluding hydrogens is 411 g/mol. The summed E-state index contributed by atoms with van der Waals surface area (Å²) in [5, 5.41) is 11.3. The first-order valence-corrected chi connectivity index (χ1v) is 10.5. The summed E-state index contributed by atoms with van der Waals surface area (Å²) < 4.78 is 38.6. The Morgan fingerprint density at radius 3 is 2.53 bits per heavy atom. The number of amides is 1. The zero-order valence-corrected chi connectivity index (χ0v) is 17.3. The molecule has 0 aliphatic carbocycles. The Morgan fingerprint density at radius 2 is 1.97 bits per heavy atom. The van der Waals surface area contributed by atoms with E-state index in [1.165, 1.54) is 45.2 Å². The van der Waals surface area contributed by atoms with Crippen LogP contribution in [0.3, 0.4) is 0 Å². The van der Waals surface area contributed by atoms with Gasteiger partial charge < -0.3 is 11.1 Å². The fourth-order valence-corrected chi connectivity index (χ4v) is 4.59. The van der Waals surface area contributed by atoms with Gasteiger partial charge in [0.15, 0.2) is 9.84 Å². The number of rotatable bonds is 3.